The molecule has 100 valence electrons. The Morgan fingerprint density at radius 1 is 1.21 bits per heavy atom. The third-order valence-electron chi connectivity index (χ3n) is 2.92. The largest absolute Gasteiger partial charge is 0.487 e. The van der Waals surface area contributed by atoms with Gasteiger partial charge in [0.25, 0.3) is 0 Å². The van der Waals surface area contributed by atoms with Gasteiger partial charge in [-0.1, -0.05) is 29.8 Å². The number of hydrogen-bond donors (Lipinski definition) is 1. The zero-order valence-electron chi connectivity index (χ0n) is 10.6. The average Bonchev–Trinajstić information content (AvgIpc) is 2.39. The van der Waals surface area contributed by atoms with E-state index in [0.717, 1.165) is 16.7 Å². The van der Waals surface area contributed by atoms with Crippen molar-refractivity contribution >= 4 is 11.6 Å². The lowest BCUT2D eigenvalue weighted by molar-refractivity contribution is 0.305. The van der Waals surface area contributed by atoms with Crippen LogP contribution in [0.3, 0.4) is 0 Å². The van der Waals surface area contributed by atoms with Crippen molar-refractivity contribution in [2.24, 2.45) is 5.73 Å². The first-order chi connectivity index (χ1) is 9.10. The highest BCUT2D eigenvalue weighted by atomic mass is 35.5. The molecule has 0 unspecified atom stereocenters. The first kappa shape index (κ1) is 13.8. The molecule has 0 radical (unpaired) electrons. The van der Waals surface area contributed by atoms with Crippen molar-refractivity contribution in [1.82, 2.24) is 0 Å². The Kier molecular flexibility index (Phi) is 4.40. The van der Waals surface area contributed by atoms with Crippen molar-refractivity contribution in [1.29, 1.82) is 0 Å². The summed E-state index contributed by atoms with van der Waals surface area (Å²) in [5, 5.41) is 0.274. The van der Waals surface area contributed by atoms with E-state index in [1.54, 1.807) is 0 Å². The van der Waals surface area contributed by atoms with Crippen LogP contribution in [0.25, 0.3) is 0 Å². The predicted octanol–water partition coefficient (Wildman–Crippen LogP) is 3.83. The van der Waals surface area contributed by atoms with Gasteiger partial charge in [0.1, 0.15) is 18.2 Å². The van der Waals surface area contributed by atoms with Crippen LogP contribution in [0.2, 0.25) is 5.02 Å². The molecule has 2 N–H and O–H groups in total. The predicted molar refractivity (Wildman–Crippen MR) is 74.8 cm³/mol. The van der Waals surface area contributed by atoms with Crippen LogP contribution in [0.5, 0.6) is 5.75 Å². The Bertz CT molecular complexity index is 586. The average molecular weight is 280 g/mol. The summed E-state index contributed by atoms with van der Waals surface area (Å²) >= 11 is 5.90. The summed E-state index contributed by atoms with van der Waals surface area (Å²) < 4.78 is 18.5. The fourth-order valence-electron chi connectivity index (χ4n) is 1.79. The van der Waals surface area contributed by atoms with Crippen molar-refractivity contribution in [2.75, 3.05) is 0 Å². The molecule has 0 aliphatic carbocycles. The van der Waals surface area contributed by atoms with E-state index in [1.165, 1.54) is 18.2 Å². The topological polar surface area (TPSA) is 35.2 Å². The van der Waals surface area contributed by atoms with Crippen LogP contribution < -0.4 is 10.5 Å². The van der Waals surface area contributed by atoms with Gasteiger partial charge in [-0.2, -0.15) is 0 Å². The van der Waals surface area contributed by atoms with Gasteiger partial charge in [0.05, 0.1) is 5.02 Å². The second kappa shape index (κ2) is 6.04. The molecule has 4 heteroatoms. The molecule has 19 heavy (non-hydrogen) atoms. The SMILES string of the molecule is Cc1cc(CN)ccc1COc1ccc(F)cc1Cl. The number of nitrogens with two attached hydrogens (primary N) is 1. The van der Waals surface area contributed by atoms with Crippen LogP contribution in [0.4, 0.5) is 4.39 Å². The number of halogens is 2. The second-order valence-corrected chi connectivity index (χ2v) is 4.74. The Morgan fingerprint density at radius 3 is 2.63 bits per heavy atom. The molecule has 0 amide bonds. The van der Waals surface area contributed by atoms with Gasteiger partial charge in [-0.15, -0.1) is 0 Å². The Balaban J connectivity index is 2.10. The minimum atomic E-state index is -0.374. The van der Waals surface area contributed by atoms with Gasteiger partial charge in [0.2, 0.25) is 0 Å². The summed E-state index contributed by atoms with van der Waals surface area (Å²) in [6.45, 7) is 2.91. The number of hydrogen-bond acceptors (Lipinski definition) is 2. The maximum atomic E-state index is 12.9. The molecular formula is C15H15ClFNO. The normalized spacial score (nSPS) is 10.5. The quantitative estimate of drug-likeness (QED) is 0.923. The number of rotatable bonds is 4. The molecule has 0 saturated carbocycles. The first-order valence-electron chi connectivity index (χ1n) is 5.96. The van der Waals surface area contributed by atoms with E-state index in [0.29, 0.717) is 18.9 Å². The summed E-state index contributed by atoms with van der Waals surface area (Å²) in [6.07, 6.45) is 0. The zero-order valence-corrected chi connectivity index (χ0v) is 11.4. The fraction of sp³-hybridized carbons (Fsp3) is 0.200. The van der Waals surface area contributed by atoms with E-state index in [9.17, 15) is 4.39 Å². The highest BCUT2D eigenvalue weighted by Crippen LogP contribution is 2.26. The van der Waals surface area contributed by atoms with Crippen molar-refractivity contribution in [2.45, 2.75) is 20.1 Å². The maximum Gasteiger partial charge on any atom is 0.138 e. The Morgan fingerprint density at radius 2 is 2.00 bits per heavy atom. The van der Waals surface area contributed by atoms with E-state index in [1.807, 2.05) is 25.1 Å². The lowest BCUT2D eigenvalue weighted by atomic mass is 10.1. The first-order valence-corrected chi connectivity index (χ1v) is 6.34. The Labute approximate surface area is 117 Å². The molecule has 2 aromatic carbocycles. The molecule has 0 saturated heterocycles. The molecule has 2 aromatic rings. The number of ether oxygens (including phenoxy) is 1. The third kappa shape index (κ3) is 3.46. The molecule has 2 rings (SSSR count). The molecule has 0 atom stereocenters. The number of benzene rings is 2. The second-order valence-electron chi connectivity index (χ2n) is 4.33. The van der Waals surface area contributed by atoms with E-state index in [4.69, 9.17) is 22.1 Å². The van der Waals surface area contributed by atoms with Crippen molar-refractivity contribution in [3.05, 3.63) is 63.9 Å². The minimum absolute atomic E-state index is 0.274. The highest BCUT2D eigenvalue weighted by Gasteiger charge is 2.05. The summed E-state index contributed by atoms with van der Waals surface area (Å²) in [5.74, 6) is 0.103. The maximum absolute atomic E-state index is 12.9. The lowest BCUT2D eigenvalue weighted by Gasteiger charge is -2.11. The van der Waals surface area contributed by atoms with Crippen LogP contribution in [0, 0.1) is 12.7 Å². The lowest BCUT2D eigenvalue weighted by Crippen LogP contribution is -2.01. The molecule has 0 aliphatic heterocycles. The summed E-state index contributed by atoms with van der Waals surface area (Å²) in [6, 6.07) is 10.1. The molecular weight excluding hydrogens is 265 g/mol. The number of aryl methyl sites for hydroxylation is 1. The van der Waals surface area contributed by atoms with Crippen LogP contribution in [0.15, 0.2) is 36.4 Å². The molecule has 0 fully saturated rings. The van der Waals surface area contributed by atoms with E-state index in [-0.39, 0.29) is 10.8 Å². The van der Waals surface area contributed by atoms with Gasteiger partial charge >= 0.3 is 0 Å². The molecule has 0 bridgehead atoms. The van der Waals surface area contributed by atoms with Gasteiger partial charge in [-0.3, -0.25) is 0 Å². The van der Waals surface area contributed by atoms with Gasteiger partial charge < -0.3 is 10.5 Å². The third-order valence-corrected chi connectivity index (χ3v) is 3.22. The standard InChI is InChI=1S/C15H15ClFNO/c1-10-6-11(8-18)2-3-12(10)9-19-15-5-4-13(17)7-14(15)16/h2-7H,8-9,18H2,1H3. The molecule has 0 heterocycles. The zero-order chi connectivity index (χ0) is 13.8. The van der Waals surface area contributed by atoms with Crippen LogP contribution in [-0.2, 0) is 13.2 Å². The highest BCUT2D eigenvalue weighted by molar-refractivity contribution is 6.32. The fourth-order valence-corrected chi connectivity index (χ4v) is 2.02. The van der Waals surface area contributed by atoms with Crippen LogP contribution in [-0.4, -0.2) is 0 Å². The monoisotopic (exact) mass is 279 g/mol. The van der Waals surface area contributed by atoms with E-state index in [2.05, 4.69) is 0 Å². The molecule has 0 spiro atoms. The van der Waals surface area contributed by atoms with Crippen LogP contribution >= 0.6 is 11.6 Å². The van der Waals surface area contributed by atoms with Crippen molar-refractivity contribution in [3.63, 3.8) is 0 Å². The van der Waals surface area contributed by atoms with Gasteiger partial charge in [0, 0.05) is 6.54 Å². The molecule has 0 aliphatic rings. The summed E-state index contributed by atoms with van der Waals surface area (Å²) in [4.78, 5) is 0. The van der Waals surface area contributed by atoms with Gasteiger partial charge in [-0.25, -0.2) is 4.39 Å². The summed E-state index contributed by atoms with van der Waals surface area (Å²) in [5.41, 5.74) is 8.83. The van der Waals surface area contributed by atoms with Crippen molar-refractivity contribution in [3.8, 4) is 5.75 Å². The van der Waals surface area contributed by atoms with Crippen molar-refractivity contribution < 1.29 is 9.13 Å². The van der Waals surface area contributed by atoms with E-state index >= 15 is 0 Å². The molecule has 0 aromatic heterocycles. The molecule has 2 nitrogen and oxygen atoms in total. The smallest absolute Gasteiger partial charge is 0.138 e. The van der Waals surface area contributed by atoms with Crippen LogP contribution in [0.1, 0.15) is 16.7 Å². The minimum Gasteiger partial charge on any atom is -0.487 e. The van der Waals surface area contributed by atoms with Gasteiger partial charge in [0.15, 0.2) is 0 Å². The van der Waals surface area contributed by atoms with Gasteiger partial charge in [-0.05, 0) is 41.8 Å². The Hall–Kier alpha value is -1.58. The summed E-state index contributed by atoms with van der Waals surface area (Å²) in [7, 11) is 0. The van der Waals surface area contributed by atoms with E-state index < -0.39 is 0 Å².